The summed E-state index contributed by atoms with van der Waals surface area (Å²) in [6.07, 6.45) is 5.39. The van der Waals surface area contributed by atoms with Crippen molar-refractivity contribution in [3.8, 4) is 0 Å². The number of aliphatic carboxylic acids is 1. The molecule has 0 aromatic rings. The van der Waals surface area contributed by atoms with Gasteiger partial charge in [0.1, 0.15) is 0 Å². The highest BCUT2D eigenvalue weighted by Gasteiger charge is 2.49. The van der Waals surface area contributed by atoms with Gasteiger partial charge in [-0.15, -0.1) is 0 Å². The lowest BCUT2D eigenvalue weighted by Crippen LogP contribution is -2.30. The van der Waals surface area contributed by atoms with E-state index in [9.17, 15) is 4.79 Å². The maximum Gasteiger partial charge on any atom is 0.307 e. The SMILES string of the molecule is CC(C)[C@@H]1[C@H](C(=O)O)[C@@H]2C=C[C@H]1C2. The van der Waals surface area contributed by atoms with E-state index in [1.807, 2.05) is 0 Å². The average molecular weight is 180 g/mol. The first-order valence-corrected chi connectivity index (χ1v) is 5.02. The highest BCUT2D eigenvalue weighted by Crippen LogP contribution is 2.50. The van der Waals surface area contributed by atoms with Crippen molar-refractivity contribution in [1.82, 2.24) is 0 Å². The molecule has 2 rings (SSSR count). The standard InChI is InChI=1S/C11H16O2/c1-6(2)9-7-3-4-8(5-7)10(9)11(12)13/h3-4,6-10H,5H2,1-2H3,(H,12,13)/t7-,8+,9-,10+/m0/s1. The molecule has 2 aliphatic carbocycles. The molecule has 72 valence electrons. The third kappa shape index (κ3) is 1.19. The molecule has 2 heteroatoms. The topological polar surface area (TPSA) is 37.3 Å². The molecule has 4 atom stereocenters. The molecule has 0 spiro atoms. The molecule has 0 unspecified atom stereocenters. The van der Waals surface area contributed by atoms with Crippen LogP contribution in [0.1, 0.15) is 20.3 Å². The molecule has 2 aliphatic rings. The van der Waals surface area contributed by atoms with E-state index >= 15 is 0 Å². The van der Waals surface area contributed by atoms with Crippen molar-refractivity contribution in [3.63, 3.8) is 0 Å². The van der Waals surface area contributed by atoms with Gasteiger partial charge in [-0.2, -0.15) is 0 Å². The quantitative estimate of drug-likeness (QED) is 0.661. The molecule has 2 nitrogen and oxygen atoms in total. The van der Waals surface area contributed by atoms with Gasteiger partial charge in [0, 0.05) is 0 Å². The average Bonchev–Trinajstić information content (AvgIpc) is 2.60. The zero-order chi connectivity index (χ0) is 9.59. The molecule has 0 heterocycles. The van der Waals surface area contributed by atoms with Crippen LogP contribution in [0.2, 0.25) is 0 Å². The molecule has 0 aromatic carbocycles. The van der Waals surface area contributed by atoms with Crippen molar-refractivity contribution in [1.29, 1.82) is 0 Å². The molecule has 0 saturated heterocycles. The fourth-order valence-electron chi connectivity index (χ4n) is 3.12. The Kier molecular flexibility index (Phi) is 1.94. The summed E-state index contributed by atoms with van der Waals surface area (Å²) in [6, 6.07) is 0. The summed E-state index contributed by atoms with van der Waals surface area (Å²) in [5.74, 6) is 0.986. The van der Waals surface area contributed by atoms with Gasteiger partial charge < -0.3 is 5.11 Å². The normalized spacial score (nSPS) is 41.8. The maximum absolute atomic E-state index is 11.1. The van der Waals surface area contributed by atoms with Crippen LogP contribution < -0.4 is 0 Å². The summed E-state index contributed by atoms with van der Waals surface area (Å²) in [4.78, 5) is 11.1. The van der Waals surface area contributed by atoms with Crippen LogP contribution in [0.4, 0.5) is 0 Å². The van der Waals surface area contributed by atoms with Gasteiger partial charge in [0.05, 0.1) is 5.92 Å². The number of hydrogen-bond donors (Lipinski definition) is 1. The second-order valence-corrected chi connectivity index (χ2v) is 4.63. The second-order valence-electron chi connectivity index (χ2n) is 4.63. The van der Waals surface area contributed by atoms with Crippen LogP contribution >= 0.6 is 0 Å². The van der Waals surface area contributed by atoms with Crippen molar-refractivity contribution in [2.75, 3.05) is 0 Å². The smallest absolute Gasteiger partial charge is 0.307 e. The fourth-order valence-corrected chi connectivity index (χ4v) is 3.12. The first-order valence-electron chi connectivity index (χ1n) is 5.02. The minimum atomic E-state index is -0.601. The third-order valence-corrected chi connectivity index (χ3v) is 3.58. The van der Waals surface area contributed by atoms with E-state index < -0.39 is 5.97 Å². The number of carboxylic acid groups (broad SMARTS) is 1. The molecule has 0 aliphatic heterocycles. The van der Waals surface area contributed by atoms with Crippen molar-refractivity contribution >= 4 is 5.97 Å². The summed E-state index contributed by atoms with van der Waals surface area (Å²) >= 11 is 0. The van der Waals surface area contributed by atoms with E-state index in [0.29, 0.717) is 23.7 Å². The van der Waals surface area contributed by atoms with E-state index in [0.717, 1.165) is 6.42 Å². The summed E-state index contributed by atoms with van der Waals surface area (Å²) in [5.41, 5.74) is 0. The molecule has 0 radical (unpaired) electrons. The molecule has 1 saturated carbocycles. The highest BCUT2D eigenvalue weighted by molar-refractivity contribution is 5.72. The summed E-state index contributed by atoms with van der Waals surface area (Å²) < 4.78 is 0. The van der Waals surface area contributed by atoms with Crippen LogP contribution in [0.15, 0.2) is 12.2 Å². The van der Waals surface area contributed by atoms with Crippen LogP contribution in [-0.4, -0.2) is 11.1 Å². The van der Waals surface area contributed by atoms with Crippen LogP contribution in [0.25, 0.3) is 0 Å². The summed E-state index contributed by atoms with van der Waals surface area (Å²) in [6.45, 7) is 4.27. The van der Waals surface area contributed by atoms with Gasteiger partial charge in [0.15, 0.2) is 0 Å². The van der Waals surface area contributed by atoms with Crippen LogP contribution in [0.3, 0.4) is 0 Å². The van der Waals surface area contributed by atoms with Crippen LogP contribution in [0.5, 0.6) is 0 Å². The van der Waals surface area contributed by atoms with Gasteiger partial charge in [-0.25, -0.2) is 0 Å². The Morgan fingerprint density at radius 1 is 1.38 bits per heavy atom. The number of rotatable bonds is 2. The molecule has 1 fully saturated rings. The van der Waals surface area contributed by atoms with Crippen molar-refractivity contribution in [2.45, 2.75) is 20.3 Å². The van der Waals surface area contributed by atoms with Gasteiger partial charge in [0.2, 0.25) is 0 Å². The largest absolute Gasteiger partial charge is 0.481 e. The van der Waals surface area contributed by atoms with E-state index in [4.69, 9.17) is 5.11 Å². The maximum atomic E-state index is 11.1. The zero-order valence-electron chi connectivity index (χ0n) is 8.10. The van der Waals surface area contributed by atoms with E-state index in [1.165, 1.54) is 0 Å². The number of fused-ring (bicyclic) bond motifs is 2. The van der Waals surface area contributed by atoms with Crippen LogP contribution in [0, 0.1) is 29.6 Å². The van der Waals surface area contributed by atoms with Crippen LogP contribution in [-0.2, 0) is 4.79 Å². The predicted octanol–water partition coefficient (Wildman–Crippen LogP) is 2.17. The third-order valence-electron chi connectivity index (χ3n) is 3.58. The minimum absolute atomic E-state index is 0.116. The molecule has 2 bridgehead atoms. The van der Waals surface area contributed by atoms with E-state index in [-0.39, 0.29) is 5.92 Å². The number of carbonyl (C=O) groups is 1. The lowest BCUT2D eigenvalue weighted by Gasteiger charge is -2.27. The first-order chi connectivity index (χ1) is 6.11. The Labute approximate surface area is 78.6 Å². The Morgan fingerprint density at radius 3 is 2.46 bits per heavy atom. The van der Waals surface area contributed by atoms with Crippen molar-refractivity contribution in [3.05, 3.63) is 12.2 Å². The second kappa shape index (κ2) is 2.86. The number of allylic oxidation sites excluding steroid dienone is 2. The Hall–Kier alpha value is -0.790. The number of hydrogen-bond acceptors (Lipinski definition) is 1. The van der Waals surface area contributed by atoms with Crippen molar-refractivity contribution < 1.29 is 9.90 Å². The molecule has 0 amide bonds. The zero-order valence-corrected chi connectivity index (χ0v) is 8.10. The Morgan fingerprint density at radius 2 is 2.00 bits per heavy atom. The lowest BCUT2D eigenvalue weighted by atomic mass is 9.76. The molecular weight excluding hydrogens is 164 g/mol. The molecule has 0 aromatic heterocycles. The first kappa shape index (κ1) is 8.79. The van der Waals surface area contributed by atoms with E-state index in [2.05, 4.69) is 26.0 Å². The molecule has 1 N–H and O–H groups in total. The molecule has 13 heavy (non-hydrogen) atoms. The summed E-state index contributed by atoms with van der Waals surface area (Å²) in [7, 11) is 0. The predicted molar refractivity (Wildman–Crippen MR) is 50.2 cm³/mol. The fraction of sp³-hybridized carbons (Fsp3) is 0.727. The van der Waals surface area contributed by atoms with Gasteiger partial charge in [-0.05, 0) is 30.1 Å². The Bertz CT molecular complexity index is 255. The van der Waals surface area contributed by atoms with Gasteiger partial charge in [-0.1, -0.05) is 26.0 Å². The van der Waals surface area contributed by atoms with Gasteiger partial charge in [0.25, 0.3) is 0 Å². The van der Waals surface area contributed by atoms with Gasteiger partial charge in [-0.3, -0.25) is 4.79 Å². The van der Waals surface area contributed by atoms with Crippen molar-refractivity contribution in [2.24, 2.45) is 29.6 Å². The van der Waals surface area contributed by atoms with E-state index in [1.54, 1.807) is 0 Å². The minimum Gasteiger partial charge on any atom is -0.481 e. The highest BCUT2D eigenvalue weighted by atomic mass is 16.4. The van der Waals surface area contributed by atoms with Gasteiger partial charge >= 0.3 is 5.97 Å². The lowest BCUT2D eigenvalue weighted by molar-refractivity contribution is -0.144. The number of carboxylic acids is 1. The Balaban J connectivity index is 2.25. The molecular formula is C11H16O2. The summed E-state index contributed by atoms with van der Waals surface area (Å²) in [5, 5.41) is 9.12. The monoisotopic (exact) mass is 180 g/mol.